The fourth-order valence-corrected chi connectivity index (χ4v) is 4.83. The van der Waals surface area contributed by atoms with Crippen molar-refractivity contribution in [1.29, 1.82) is 0 Å². The number of nitro groups is 1. The lowest BCUT2D eigenvalue weighted by molar-refractivity contribution is -0.384. The number of nitrogens with zero attached hydrogens (tertiary/aromatic N) is 3. The van der Waals surface area contributed by atoms with E-state index in [0.29, 0.717) is 26.6 Å². The summed E-state index contributed by atoms with van der Waals surface area (Å²) in [5.41, 5.74) is 0.983. The van der Waals surface area contributed by atoms with E-state index in [0.717, 1.165) is 31.2 Å². The van der Waals surface area contributed by atoms with Crippen molar-refractivity contribution < 1.29 is 14.5 Å². The van der Waals surface area contributed by atoms with Crippen molar-refractivity contribution in [3.05, 3.63) is 50.1 Å². The van der Waals surface area contributed by atoms with Gasteiger partial charge in [-0.1, -0.05) is 18.0 Å². The van der Waals surface area contributed by atoms with E-state index in [1.165, 1.54) is 36.2 Å². The number of benzene rings is 1. The highest BCUT2D eigenvalue weighted by Crippen LogP contribution is 2.36. The van der Waals surface area contributed by atoms with E-state index in [-0.39, 0.29) is 22.8 Å². The highest BCUT2D eigenvalue weighted by atomic mass is 35.5. The van der Waals surface area contributed by atoms with Crippen LogP contribution in [0.2, 0.25) is 5.02 Å². The van der Waals surface area contributed by atoms with Crippen LogP contribution in [0.3, 0.4) is 0 Å². The number of nitro benzene ring substituents is 1. The molecule has 4 rings (SSSR count). The molecule has 30 heavy (non-hydrogen) atoms. The van der Waals surface area contributed by atoms with Crippen molar-refractivity contribution in [3.63, 3.8) is 0 Å². The number of thiophene rings is 1. The Balaban J connectivity index is 1.65. The molecule has 8 nitrogen and oxygen atoms in total. The molecule has 1 fully saturated rings. The van der Waals surface area contributed by atoms with Crippen LogP contribution in [-0.4, -0.2) is 27.0 Å². The largest absolute Gasteiger partial charge is 0.458 e. The number of carbonyl (C=O) groups is 1. The average molecular weight is 447 g/mol. The van der Waals surface area contributed by atoms with Crippen LogP contribution in [0, 0.1) is 17.0 Å². The van der Waals surface area contributed by atoms with Gasteiger partial charge in [-0.05, 0) is 50.3 Å². The van der Waals surface area contributed by atoms with Gasteiger partial charge in [0.2, 0.25) is 0 Å². The van der Waals surface area contributed by atoms with Crippen LogP contribution in [0.15, 0.2) is 24.5 Å². The van der Waals surface area contributed by atoms with Crippen LogP contribution in [0.1, 0.15) is 47.3 Å². The number of fused-ring (bicyclic) bond motifs is 1. The number of hydrogen-bond donors (Lipinski definition) is 1. The van der Waals surface area contributed by atoms with Crippen molar-refractivity contribution in [2.24, 2.45) is 0 Å². The predicted molar refractivity (Wildman–Crippen MR) is 116 cm³/mol. The van der Waals surface area contributed by atoms with Gasteiger partial charge >= 0.3 is 5.97 Å². The van der Waals surface area contributed by atoms with Gasteiger partial charge in [0.25, 0.3) is 5.69 Å². The maximum atomic E-state index is 12.8. The first kappa shape index (κ1) is 20.5. The number of ether oxygens (including phenoxy) is 1. The van der Waals surface area contributed by atoms with E-state index in [4.69, 9.17) is 16.3 Å². The fourth-order valence-electron chi connectivity index (χ4n) is 3.62. The highest BCUT2D eigenvalue weighted by Gasteiger charge is 2.24. The molecule has 0 atom stereocenters. The van der Waals surface area contributed by atoms with Gasteiger partial charge in [-0.2, -0.15) is 0 Å². The van der Waals surface area contributed by atoms with E-state index in [2.05, 4.69) is 15.3 Å². The summed E-state index contributed by atoms with van der Waals surface area (Å²) in [6, 6.07) is 4.42. The van der Waals surface area contributed by atoms with Gasteiger partial charge in [-0.3, -0.25) is 10.1 Å². The Bertz CT molecular complexity index is 1130. The van der Waals surface area contributed by atoms with Crippen molar-refractivity contribution in [2.75, 3.05) is 5.32 Å². The second-order valence-electron chi connectivity index (χ2n) is 7.17. The normalized spacial score (nSPS) is 14.6. The molecular formula is C20H19ClN4O4S. The van der Waals surface area contributed by atoms with Gasteiger partial charge < -0.3 is 10.1 Å². The summed E-state index contributed by atoms with van der Waals surface area (Å²) in [6.45, 7) is 1.83. The monoisotopic (exact) mass is 446 g/mol. The molecule has 156 valence electrons. The molecule has 2 heterocycles. The van der Waals surface area contributed by atoms with Crippen LogP contribution in [0.25, 0.3) is 10.2 Å². The molecule has 1 aromatic carbocycles. The SMILES string of the molecule is Cc1c(C(=O)OC2CCCCC2)sc2ncnc(Nc3ccc(Cl)c([N+](=O)[O-])c3)c12. The topological polar surface area (TPSA) is 107 Å². The van der Waals surface area contributed by atoms with Crippen molar-refractivity contribution >= 4 is 56.3 Å². The zero-order valence-corrected chi connectivity index (χ0v) is 17.8. The van der Waals surface area contributed by atoms with Gasteiger partial charge in [0.1, 0.15) is 33.0 Å². The molecule has 1 aliphatic carbocycles. The van der Waals surface area contributed by atoms with Crippen molar-refractivity contribution in [2.45, 2.75) is 45.1 Å². The van der Waals surface area contributed by atoms with E-state index < -0.39 is 4.92 Å². The summed E-state index contributed by atoms with van der Waals surface area (Å²) < 4.78 is 5.71. The van der Waals surface area contributed by atoms with E-state index in [1.807, 2.05) is 6.92 Å². The molecule has 2 aromatic heterocycles. The zero-order valence-electron chi connectivity index (χ0n) is 16.2. The third kappa shape index (κ3) is 4.08. The Hall–Kier alpha value is -2.78. The molecular weight excluding hydrogens is 428 g/mol. The minimum absolute atomic E-state index is 0.0332. The Labute approximate surface area is 181 Å². The third-order valence-corrected chi connectivity index (χ3v) is 6.64. The molecule has 0 bridgehead atoms. The molecule has 0 amide bonds. The zero-order chi connectivity index (χ0) is 21.3. The van der Waals surface area contributed by atoms with E-state index >= 15 is 0 Å². The van der Waals surface area contributed by atoms with Crippen LogP contribution < -0.4 is 5.32 Å². The van der Waals surface area contributed by atoms with Crippen LogP contribution in [-0.2, 0) is 4.74 Å². The highest BCUT2D eigenvalue weighted by molar-refractivity contribution is 7.20. The van der Waals surface area contributed by atoms with Crippen molar-refractivity contribution in [1.82, 2.24) is 9.97 Å². The summed E-state index contributed by atoms with van der Waals surface area (Å²) in [6.07, 6.45) is 6.50. The predicted octanol–water partition coefficient (Wildman–Crippen LogP) is 5.79. The lowest BCUT2D eigenvalue weighted by Gasteiger charge is -2.21. The Morgan fingerprint density at radius 2 is 2.07 bits per heavy atom. The average Bonchev–Trinajstić information content (AvgIpc) is 3.08. The third-order valence-electron chi connectivity index (χ3n) is 5.14. The first-order chi connectivity index (χ1) is 14.4. The number of hydrogen-bond acceptors (Lipinski definition) is 8. The lowest BCUT2D eigenvalue weighted by Crippen LogP contribution is -2.20. The minimum Gasteiger partial charge on any atom is -0.458 e. The van der Waals surface area contributed by atoms with Gasteiger partial charge in [-0.25, -0.2) is 14.8 Å². The maximum Gasteiger partial charge on any atom is 0.348 e. The molecule has 0 unspecified atom stereocenters. The van der Waals surface area contributed by atoms with Gasteiger partial charge in [0.05, 0.1) is 10.3 Å². The van der Waals surface area contributed by atoms with Gasteiger partial charge in [0.15, 0.2) is 0 Å². The van der Waals surface area contributed by atoms with E-state index in [1.54, 1.807) is 6.07 Å². The standard InChI is InChI=1S/C20H19ClN4O4S/c1-11-16-18(24-12-7-8-14(21)15(9-12)25(27)28)22-10-23-19(16)30-17(11)20(26)29-13-5-3-2-4-6-13/h7-10,13H,2-6H2,1H3,(H,22,23,24). The lowest BCUT2D eigenvalue weighted by atomic mass is 9.98. The van der Waals surface area contributed by atoms with Gasteiger partial charge in [-0.15, -0.1) is 11.3 Å². The number of anilines is 2. The van der Waals surface area contributed by atoms with E-state index in [9.17, 15) is 14.9 Å². The molecule has 1 aliphatic rings. The molecule has 0 aliphatic heterocycles. The number of aromatic nitrogens is 2. The molecule has 1 N–H and O–H groups in total. The number of halogens is 1. The summed E-state index contributed by atoms with van der Waals surface area (Å²) in [5.74, 6) is 0.123. The first-order valence-corrected chi connectivity index (χ1v) is 10.8. The summed E-state index contributed by atoms with van der Waals surface area (Å²) in [7, 11) is 0. The maximum absolute atomic E-state index is 12.8. The Morgan fingerprint density at radius 1 is 1.30 bits per heavy atom. The van der Waals surface area contributed by atoms with Crippen LogP contribution in [0.4, 0.5) is 17.2 Å². The van der Waals surface area contributed by atoms with Crippen LogP contribution in [0.5, 0.6) is 0 Å². The Morgan fingerprint density at radius 3 is 2.80 bits per heavy atom. The second kappa shape index (κ2) is 8.53. The number of nitrogens with one attached hydrogen (secondary N) is 1. The summed E-state index contributed by atoms with van der Waals surface area (Å²) >= 11 is 7.15. The molecule has 0 saturated heterocycles. The summed E-state index contributed by atoms with van der Waals surface area (Å²) in [4.78, 5) is 33.1. The second-order valence-corrected chi connectivity index (χ2v) is 8.58. The molecule has 0 radical (unpaired) electrons. The van der Waals surface area contributed by atoms with Crippen molar-refractivity contribution in [3.8, 4) is 0 Å². The first-order valence-electron chi connectivity index (χ1n) is 9.60. The molecule has 3 aromatic rings. The molecule has 1 saturated carbocycles. The van der Waals surface area contributed by atoms with Gasteiger partial charge in [0, 0.05) is 11.8 Å². The molecule has 10 heteroatoms. The number of carbonyl (C=O) groups excluding carboxylic acids is 1. The van der Waals surface area contributed by atoms with Crippen LogP contribution >= 0.6 is 22.9 Å². The Kier molecular flexibility index (Phi) is 5.83. The summed E-state index contributed by atoms with van der Waals surface area (Å²) in [5, 5.41) is 15.0. The number of rotatable bonds is 5. The number of aryl methyl sites for hydroxylation is 1. The number of esters is 1. The smallest absolute Gasteiger partial charge is 0.348 e. The molecule has 0 spiro atoms. The minimum atomic E-state index is -0.543. The quantitative estimate of drug-likeness (QED) is 0.300. The fraction of sp³-hybridized carbons (Fsp3) is 0.350.